The van der Waals surface area contributed by atoms with Crippen molar-refractivity contribution in [2.24, 2.45) is 0 Å². The van der Waals surface area contributed by atoms with Crippen molar-refractivity contribution in [3.8, 4) is 0 Å². The fourth-order valence-electron chi connectivity index (χ4n) is 1.57. The Bertz CT molecular complexity index is 678. The summed E-state index contributed by atoms with van der Waals surface area (Å²) in [4.78, 5) is 41.5. The van der Waals surface area contributed by atoms with Crippen LogP contribution in [0.25, 0.3) is 0 Å². The predicted octanol–water partition coefficient (Wildman–Crippen LogP) is 2.16. The SMILES string of the molecule is O=C(O)c1cccc(C(=O)O)c1.O=C(O)c1cccc(C(=O)O)c1.[Zn].[Zn]. The number of carbonyl (C=O) groups is 4. The van der Waals surface area contributed by atoms with Gasteiger partial charge in [0.25, 0.3) is 0 Å². The number of carboxylic acids is 4. The van der Waals surface area contributed by atoms with E-state index in [1.807, 2.05) is 0 Å². The molecule has 0 spiro atoms. The maximum absolute atomic E-state index is 10.4. The Morgan fingerprint density at radius 2 is 0.692 bits per heavy atom. The zero-order valence-corrected chi connectivity index (χ0v) is 19.4. The van der Waals surface area contributed by atoms with Gasteiger partial charge >= 0.3 is 23.9 Å². The van der Waals surface area contributed by atoms with Crippen molar-refractivity contribution in [2.45, 2.75) is 0 Å². The summed E-state index contributed by atoms with van der Waals surface area (Å²) in [5, 5.41) is 34.0. The van der Waals surface area contributed by atoms with Gasteiger partial charge in [0.2, 0.25) is 0 Å². The molecule has 10 heteroatoms. The van der Waals surface area contributed by atoms with Crippen LogP contribution in [0.5, 0.6) is 0 Å². The largest absolute Gasteiger partial charge is 0.478 e. The zero-order valence-electron chi connectivity index (χ0n) is 13.5. The summed E-state index contributed by atoms with van der Waals surface area (Å²) in [6, 6.07) is 10.4. The second-order valence-corrected chi connectivity index (χ2v) is 4.38. The fourth-order valence-corrected chi connectivity index (χ4v) is 1.57. The van der Waals surface area contributed by atoms with Gasteiger partial charge in [-0.2, -0.15) is 0 Å². The van der Waals surface area contributed by atoms with Crippen molar-refractivity contribution in [1.29, 1.82) is 0 Å². The van der Waals surface area contributed by atoms with E-state index >= 15 is 0 Å². The van der Waals surface area contributed by atoms with Crippen LogP contribution < -0.4 is 0 Å². The van der Waals surface area contributed by atoms with Gasteiger partial charge in [-0.1, -0.05) is 12.1 Å². The summed E-state index contributed by atoms with van der Waals surface area (Å²) >= 11 is 0. The standard InChI is InChI=1S/2C8H6O4.2Zn/c2*9-7(10)5-2-1-3-6(4-5)8(11)12;;/h2*1-4H,(H,9,10)(H,11,12);;. The van der Waals surface area contributed by atoms with Crippen LogP contribution in [0.3, 0.4) is 0 Å². The molecule has 8 nitrogen and oxygen atoms in total. The molecule has 0 aliphatic carbocycles. The van der Waals surface area contributed by atoms with E-state index in [0.29, 0.717) is 0 Å². The van der Waals surface area contributed by atoms with Crippen molar-refractivity contribution < 1.29 is 78.6 Å². The van der Waals surface area contributed by atoms with Crippen LogP contribution in [0.4, 0.5) is 0 Å². The van der Waals surface area contributed by atoms with Crippen molar-refractivity contribution in [2.75, 3.05) is 0 Å². The smallest absolute Gasteiger partial charge is 0.335 e. The normalized spacial score (nSPS) is 8.62. The molecule has 0 amide bonds. The Balaban J connectivity index is 0. The first kappa shape index (κ1) is 25.8. The third-order valence-corrected chi connectivity index (χ3v) is 2.71. The van der Waals surface area contributed by atoms with Gasteiger partial charge in [-0.25, -0.2) is 19.2 Å². The number of rotatable bonds is 4. The molecule has 0 bridgehead atoms. The van der Waals surface area contributed by atoms with E-state index in [9.17, 15) is 19.2 Å². The van der Waals surface area contributed by atoms with Crippen molar-refractivity contribution >= 4 is 23.9 Å². The van der Waals surface area contributed by atoms with Crippen LogP contribution in [0.2, 0.25) is 0 Å². The topological polar surface area (TPSA) is 149 Å². The Kier molecular flexibility index (Phi) is 11.9. The van der Waals surface area contributed by atoms with Crippen molar-refractivity contribution in [1.82, 2.24) is 0 Å². The average molecular weight is 463 g/mol. The van der Waals surface area contributed by atoms with Gasteiger partial charge < -0.3 is 20.4 Å². The summed E-state index contributed by atoms with van der Waals surface area (Å²) < 4.78 is 0. The number of benzene rings is 2. The van der Waals surface area contributed by atoms with Crippen LogP contribution in [-0.2, 0) is 39.0 Å². The average Bonchev–Trinajstić information content (AvgIpc) is 2.55. The zero-order chi connectivity index (χ0) is 18.3. The molecule has 0 aliphatic rings. The van der Waals surface area contributed by atoms with Crippen LogP contribution in [0.1, 0.15) is 41.4 Å². The Labute approximate surface area is 173 Å². The third-order valence-electron chi connectivity index (χ3n) is 2.71. The summed E-state index contributed by atoms with van der Waals surface area (Å²) in [6.45, 7) is 0. The van der Waals surface area contributed by atoms with E-state index in [1.54, 1.807) is 0 Å². The van der Waals surface area contributed by atoms with Gasteiger partial charge in [0.15, 0.2) is 0 Å². The van der Waals surface area contributed by atoms with Gasteiger partial charge in [0.05, 0.1) is 22.3 Å². The molecule has 0 atom stereocenters. The molecule has 4 N–H and O–H groups in total. The van der Waals surface area contributed by atoms with E-state index in [1.165, 1.54) is 36.4 Å². The van der Waals surface area contributed by atoms with Crippen LogP contribution in [0, 0.1) is 0 Å². The first-order valence-electron chi connectivity index (χ1n) is 6.35. The third kappa shape index (κ3) is 8.10. The number of hydrogen-bond acceptors (Lipinski definition) is 4. The molecule has 0 fully saturated rings. The molecule has 0 radical (unpaired) electrons. The van der Waals surface area contributed by atoms with Gasteiger partial charge in [0, 0.05) is 39.0 Å². The molecule has 2 rings (SSSR count). The van der Waals surface area contributed by atoms with Gasteiger partial charge in [-0.15, -0.1) is 0 Å². The van der Waals surface area contributed by atoms with E-state index in [-0.39, 0.29) is 61.2 Å². The monoisotopic (exact) mass is 460 g/mol. The summed E-state index contributed by atoms with van der Waals surface area (Å²) in [5.74, 6) is -4.51. The molecule has 26 heavy (non-hydrogen) atoms. The fraction of sp³-hybridized carbons (Fsp3) is 0. The van der Waals surface area contributed by atoms with Crippen molar-refractivity contribution in [3.05, 3.63) is 70.8 Å². The van der Waals surface area contributed by atoms with Gasteiger partial charge in [-0.05, 0) is 36.4 Å². The Morgan fingerprint density at radius 1 is 0.500 bits per heavy atom. The van der Waals surface area contributed by atoms with Crippen LogP contribution >= 0.6 is 0 Å². The molecular weight excluding hydrogens is 451 g/mol. The van der Waals surface area contributed by atoms with E-state index in [2.05, 4.69) is 0 Å². The second kappa shape index (κ2) is 12.0. The number of aromatic carboxylic acids is 4. The summed E-state index contributed by atoms with van der Waals surface area (Å²) in [7, 11) is 0. The molecule has 0 heterocycles. The first-order chi connectivity index (χ1) is 11.2. The molecule has 0 saturated heterocycles. The van der Waals surface area contributed by atoms with E-state index < -0.39 is 23.9 Å². The first-order valence-corrected chi connectivity index (χ1v) is 6.35. The van der Waals surface area contributed by atoms with E-state index in [0.717, 1.165) is 12.1 Å². The van der Waals surface area contributed by atoms with Crippen molar-refractivity contribution in [3.63, 3.8) is 0 Å². The summed E-state index contributed by atoms with van der Waals surface area (Å²) in [6.07, 6.45) is 0. The molecule has 2 aromatic carbocycles. The summed E-state index contributed by atoms with van der Waals surface area (Å²) in [5.41, 5.74) is -0.0744. The van der Waals surface area contributed by atoms with Crippen LogP contribution in [-0.4, -0.2) is 44.3 Å². The Hall–Kier alpha value is -2.43. The maximum Gasteiger partial charge on any atom is 0.335 e. The van der Waals surface area contributed by atoms with E-state index in [4.69, 9.17) is 20.4 Å². The minimum absolute atomic E-state index is 0. The molecule has 128 valence electrons. The molecule has 2 aromatic rings. The molecule has 0 saturated carbocycles. The molecular formula is C16H12O8Zn2. The predicted molar refractivity (Wildman–Crippen MR) is 80.7 cm³/mol. The quantitative estimate of drug-likeness (QED) is 0.505. The van der Waals surface area contributed by atoms with Gasteiger partial charge in [-0.3, -0.25) is 0 Å². The molecule has 0 aromatic heterocycles. The van der Waals surface area contributed by atoms with Gasteiger partial charge in [0.1, 0.15) is 0 Å². The maximum atomic E-state index is 10.4. The Morgan fingerprint density at radius 3 is 0.846 bits per heavy atom. The molecule has 0 unspecified atom stereocenters. The van der Waals surface area contributed by atoms with Crippen LogP contribution in [0.15, 0.2) is 48.5 Å². The molecule has 0 aliphatic heterocycles. The number of hydrogen-bond donors (Lipinski definition) is 4. The number of carboxylic acid groups (broad SMARTS) is 4. The minimum Gasteiger partial charge on any atom is -0.478 e. The minimum atomic E-state index is -1.13. The second-order valence-electron chi connectivity index (χ2n) is 4.38.